The lowest BCUT2D eigenvalue weighted by Gasteiger charge is -2.23. The van der Waals surface area contributed by atoms with Gasteiger partial charge < -0.3 is 25.0 Å². The number of nitrogens with one attached hydrogen (secondary N) is 2. The first-order valence-corrected chi connectivity index (χ1v) is 9.78. The molecule has 0 aromatic heterocycles. The standard InChI is InChI=1S/C22H29FN4O2.HI/c1-24-22(25-14-21(29-3)16-8-10-17(23)11-9-16)26-18-12-13-27(15-18)19-6-4-5-7-20(19)28-2;/h4-11,18,21H,12-15H2,1-3H3,(H2,24,25,26);1H. The summed E-state index contributed by atoms with van der Waals surface area (Å²) in [6.45, 7) is 2.35. The Hall–Kier alpha value is -2.07. The van der Waals surface area contributed by atoms with Gasteiger partial charge in [0.05, 0.1) is 18.9 Å². The van der Waals surface area contributed by atoms with Crippen molar-refractivity contribution in [1.82, 2.24) is 10.6 Å². The Labute approximate surface area is 194 Å². The molecule has 2 unspecified atom stereocenters. The van der Waals surface area contributed by atoms with E-state index >= 15 is 0 Å². The Kier molecular flexibility index (Phi) is 9.64. The number of rotatable bonds is 7. The van der Waals surface area contributed by atoms with Crippen molar-refractivity contribution in [3.05, 3.63) is 59.9 Å². The van der Waals surface area contributed by atoms with Crippen molar-refractivity contribution in [2.45, 2.75) is 18.6 Å². The molecule has 0 amide bonds. The fourth-order valence-corrected chi connectivity index (χ4v) is 3.58. The zero-order chi connectivity index (χ0) is 20.6. The molecule has 2 aromatic rings. The normalized spacial score (nSPS) is 17.3. The highest BCUT2D eigenvalue weighted by molar-refractivity contribution is 14.0. The molecule has 6 nitrogen and oxygen atoms in total. The van der Waals surface area contributed by atoms with E-state index < -0.39 is 0 Å². The molecule has 0 radical (unpaired) electrons. The van der Waals surface area contributed by atoms with Crippen LogP contribution < -0.4 is 20.3 Å². The molecular weight excluding hydrogens is 498 g/mol. The van der Waals surface area contributed by atoms with Gasteiger partial charge in [-0.2, -0.15) is 0 Å². The number of nitrogens with zero attached hydrogens (tertiary/aromatic N) is 2. The van der Waals surface area contributed by atoms with E-state index in [1.807, 2.05) is 18.2 Å². The molecule has 1 aliphatic rings. The van der Waals surface area contributed by atoms with Crippen LogP contribution in [0.3, 0.4) is 0 Å². The van der Waals surface area contributed by atoms with Crippen molar-refractivity contribution >= 4 is 35.6 Å². The van der Waals surface area contributed by atoms with Gasteiger partial charge >= 0.3 is 0 Å². The maximum atomic E-state index is 13.2. The molecule has 1 saturated heterocycles. The molecule has 3 rings (SSSR count). The van der Waals surface area contributed by atoms with Crippen molar-refractivity contribution in [2.75, 3.05) is 45.8 Å². The van der Waals surface area contributed by atoms with E-state index in [1.54, 1.807) is 33.4 Å². The van der Waals surface area contributed by atoms with Crippen molar-refractivity contribution in [3.8, 4) is 5.75 Å². The van der Waals surface area contributed by atoms with Crippen molar-refractivity contribution in [1.29, 1.82) is 0 Å². The summed E-state index contributed by atoms with van der Waals surface area (Å²) in [4.78, 5) is 6.65. The third-order valence-corrected chi connectivity index (χ3v) is 5.16. The first-order valence-electron chi connectivity index (χ1n) is 9.78. The Bertz CT molecular complexity index is 819. The topological polar surface area (TPSA) is 58.1 Å². The van der Waals surface area contributed by atoms with Crippen LogP contribution in [0.1, 0.15) is 18.1 Å². The zero-order valence-corrected chi connectivity index (χ0v) is 19.9. The van der Waals surface area contributed by atoms with E-state index in [0.29, 0.717) is 6.54 Å². The second-order valence-corrected chi connectivity index (χ2v) is 6.98. The highest BCUT2D eigenvalue weighted by Crippen LogP contribution is 2.30. The summed E-state index contributed by atoms with van der Waals surface area (Å²) in [5.41, 5.74) is 2.03. The second kappa shape index (κ2) is 11.9. The van der Waals surface area contributed by atoms with Crippen LogP contribution in [-0.4, -0.2) is 52.9 Å². The Morgan fingerprint density at radius 1 is 1.20 bits per heavy atom. The average molecular weight is 528 g/mol. The lowest BCUT2D eigenvalue weighted by Crippen LogP contribution is -2.45. The molecule has 1 heterocycles. The zero-order valence-electron chi connectivity index (χ0n) is 17.6. The summed E-state index contributed by atoms with van der Waals surface area (Å²) in [6.07, 6.45) is 0.813. The number of halogens is 2. The minimum Gasteiger partial charge on any atom is -0.495 e. The number of anilines is 1. The van der Waals surface area contributed by atoms with Gasteiger partial charge in [0, 0.05) is 39.8 Å². The van der Waals surface area contributed by atoms with Crippen LogP contribution in [0, 0.1) is 5.82 Å². The summed E-state index contributed by atoms with van der Waals surface area (Å²) < 4.78 is 24.2. The highest BCUT2D eigenvalue weighted by atomic mass is 127. The van der Waals surface area contributed by atoms with E-state index in [2.05, 4.69) is 26.6 Å². The minimum atomic E-state index is -0.255. The summed E-state index contributed by atoms with van der Waals surface area (Å²) in [5, 5.41) is 6.80. The van der Waals surface area contributed by atoms with Crippen LogP contribution in [0.15, 0.2) is 53.5 Å². The van der Waals surface area contributed by atoms with Crippen LogP contribution in [0.25, 0.3) is 0 Å². The van der Waals surface area contributed by atoms with E-state index in [9.17, 15) is 4.39 Å². The summed E-state index contributed by atoms with van der Waals surface area (Å²) in [6, 6.07) is 14.7. The molecule has 1 aliphatic heterocycles. The number of para-hydroxylation sites is 2. The first kappa shape index (κ1) is 24.2. The first-order chi connectivity index (χ1) is 14.1. The van der Waals surface area contributed by atoms with Crippen LogP contribution in [-0.2, 0) is 4.74 Å². The molecule has 30 heavy (non-hydrogen) atoms. The predicted molar refractivity (Wildman–Crippen MR) is 130 cm³/mol. The number of methoxy groups -OCH3 is 2. The largest absolute Gasteiger partial charge is 0.495 e. The number of hydrogen-bond acceptors (Lipinski definition) is 4. The van der Waals surface area contributed by atoms with Crippen LogP contribution >= 0.6 is 24.0 Å². The average Bonchev–Trinajstić information content (AvgIpc) is 3.22. The minimum absolute atomic E-state index is 0. The molecule has 164 valence electrons. The van der Waals surface area contributed by atoms with Gasteiger partial charge in [0.15, 0.2) is 5.96 Å². The maximum Gasteiger partial charge on any atom is 0.191 e. The SMILES string of the molecule is CN=C(NCC(OC)c1ccc(F)cc1)NC1CCN(c2ccccc2OC)C1.I. The van der Waals surface area contributed by atoms with E-state index in [4.69, 9.17) is 9.47 Å². The molecule has 2 atom stereocenters. The molecule has 0 aliphatic carbocycles. The molecule has 0 saturated carbocycles. The highest BCUT2D eigenvalue weighted by Gasteiger charge is 2.25. The molecular formula is C22H30FIN4O2. The van der Waals surface area contributed by atoms with Gasteiger partial charge in [-0.05, 0) is 36.2 Å². The number of hydrogen-bond donors (Lipinski definition) is 2. The molecule has 2 aromatic carbocycles. The van der Waals surface area contributed by atoms with E-state index in [-0.39, 0.29) is 41.9 Å². The molecule has 1 fully saturated rings. The molecule has 0 bridgehead atoms. The predicted octanol–water partition coefficient (Wildman–Crippen LogP) is 3.58. The summed E-state index contributed by atoms with van der Waals surface area (Å²) in [5.74, 6) is 1.36. The van der Waals surface area contributed by atoms with Crippen LogP contribution in [0.2, 0.25) is 0 Å². The second-order valence-electron chi connectivity index (χ2n) is 6.98. The van der Waals surface area contributed by atoms with Gasteiger partial charge in [-0.1, -0.05) is 24.3 Å². The Morgan fingerprint density at radius 3 is 2.60 bits per heavy atom. The van der Waals surface area contributed by atoms with Gasteiger partial charge in [-0.15, -0.1) is 24.0 Å². The third-order valence-electron chi connectivity index (χ3n) is 5.16. The Morgan fingerprint density at radius 2 is 1.93 bits per heavy atom. The van der Waals surface area contributed by atoms with E-state index in [0.717, 1.165) is 42.5 Å². The maximum absolute atomic E-state index is 13.2. The smallest absolute Gasteiger partial charge is 0.191 e. The van der Waals surface area contributed by atoms with Crippen molar-refractivity contribution < 1.29 is 13.9 Å². The van der Waals surface area contributed by atoms with Crippen LogP contribution in [0.5, 0.6) is 5.75 Å². The molecule has 8 heteroatoms. The Balaban J connectivity index is 0.00000320. The number of guanidine groups is 1. The van der Waals surface area contributed by atoms with Gasteiger partial charge in [0.25, 0.3) is 0 Å². The van der Waals surface area contributed by atoms with Crippen LogP contribution in [0.4, 0.5) is 10.1 Å². The lowest BCUT2D eigenvalue weighted by atomic mass is 10.1. The summed E-state index contributed by atoms with van der Waals surface area (Å²) >= 11 is 0. The fraction of sp³-hybridized carbons (Fsp3) is 0.409. The molecule has 2 N–H and O–H groups in total. The monoisotopic (exact) mass is 528 g/mol. The van der Waals surface area contributed by atoms with Gasteiger partial charge in [0.2, 0.25) is 0 Å². The van der Waals surface area contributed by atoms with E-state index in [1.165, 1.54) is 12.1 Å². The van der Waals surface area contributed by atoms with Gasteiger partial charge in [-0.25, -0.2) is 4.39 Å². The quantitative estimate of drug-likeness (QED) is 0.327. The third kappa shape index (κ3) is 6.21. The van der Waals surface area contributed by atoms with Crippen molar-refractivity contribution in [2.24, 2.45) is 4.99 Å². The fourth-order valence-electron chi connectivity index (χ4n) is 3.58. The number of ether oxygens (including phenoxy) is 2. The number of aliphatic imine (C=N–C) groups is 1. The molecule has 0 spiro atoms. The number of benzene rings is 2. The summed E-state index contributed by atoms with van der Waals surface area (Å²) in [7, 11) is 5.10. The van der Waals surface area contributed by atoms with Crippen molar-refractivity contribution in [3.63, 3.8) is 0 Å². The van der Waals surface area contributed by atoms with Gasteiger partial charge in [0.1, 0.15) is 11.6 Å². The van der Waals surface area contributed by atoms with Gasteiger partial charge in [-0.3, -0.25) is 4.99 Å². The lowest BCUT2D eigenvalue weighted by molar-refractivity contribution is 0.106.